The van der Waals surface area contributed by atoms with E-state index < -0.39 is 0 Å². The van der Waals surface area contributed by atoms with Gasteiger partial charge in [-0.3, -0.25) is 4.79 Å². The molecule has 1 aliphatic rings. The van der Waals surface area contributed by atoms with Gasteiger partial charge in [0.15, 0.2) is 0 Å². The number of nitriles is 1. The summed E-state index contributed by atoms with van der Waals surface area (Å²) >= 11 is 5.03. The van der Waals surface area contributed by atoms with Crippen molar-refractivity contribution >= 4 is 39.3 Å². The van der Waals surface area contributed by atoms with E-state index in [9.17, 15) is 4.79 Å². The largest absolute Gasteiger partial charge is 0.310 e. The topological polar surface area (TPSA) is 44.1 Å². The van der Waals surface area contributed by atoms with E-state index in [2.05, 4.69) is 28.1 Å². The van der Waals surface area contributed by atoms with E-state index in [1.54, 1.807) is 17.8 Å². The molecular formula is C20H19BrN2OS. The van der Waals surface area contributed by atoms with Gasteiger partial charge in [-0.25, -0.2) is 0 Å². The van der Waals surface area contributed by atoms with E-state index in [1.807, 2.05) is 41.3 Å². The van der Waals surface area contributed by atoms with E-state index >= 15 is 0 Å². The van der Waals surface area contributed by atoms with Crippen LogP contribution in [0.25, 0.3) is 0 Å². The minimum atomic E-state index is -0.292. The van der Waals surface area contributed by atoms with E-state index in [1.165, 1.54) is 0 Å². The van der Waals surface area contributed by atoms with Gasteiger partial charge in [0, 0.05) is 16.8 Å². The van der Waals surface area contributed by atoms with E-state index in [0.29, 0.717) is 5.56 Å². The molecule has 1 unspecified atom stereocenters. The maximum atomic E-state index is 13.2. The lowest BCUT2D eigenvalue weighted by Crippen LogP contribution is -2.38. The summed E-state index contributed by atoms with van der Waals surface area (Å²) in [5.41, 5.74) is 2.49. The van der Waals surface area contributed by atoms with Gasteiger partial charge >= 0.3 is 0 Å². The summed E-state index contributed by atoms with van der Waals surface area (Å²) in [5.74, 6) is 0.109. The fourth-order valence-corrected chi connectivity index (χ4v) is 4.59. The third kappa shape index (κ3) is 4.08. The summed E-state index contributed by atoms with van der Waals surface area (Å²) in [6, 6.07) is 17.6. The number of fused-ring (bicyclic) bond motifs is 1. The molecule has 2 aromatic rings. The van der Waals surface area contributed by atoms with Crippen LogP contribution in [0.1, 0.15) is 35.6 Å². The fourth-order valence-electron chi connectivity index (χ4n) is 2.97. The number of amides is 1. The van der Waals surface area contributed by atoms with Crippen LogP contribution < -0.4 is 4.90 Å². The molecule has 0 aromatic heterocycles. The van der Waals surface area contributed by atoms with Crippen molar-refractivity contribution in [1.82, 2.24) is 0 Å². The molecule has 0 bridgehead atoms. The molecule has 0 saturated carbocycles. The number of thioether (sulfide) groups is 1. The molecule has 128 valence electrons. The Hall–Kier alpha value is -1.77. The number of nitrogens with zero attached hydrogens (tertiary/aromatic N) is 2. The molecule has 5 heteroatoms. The van der Waals surface area contributed by atoms with Gasteiger partial charge in [-0.05, 0) is 42.7 Å². The Bertz CT molecular complexity index is 802. The zero-order valence-electron chi connectivity index (χ0n) is 13.8. The highest BCUT2D eigenvalue weighted by Gasteiger charge is 2.34. The minimum Gasteiger partial charge on any atom is -0.310 e. The molecule has 0 N–H and O–H groups in total. The van der Waals surface area contributed by atoms with Crippen LogP contribution in [-0.2, 0) is 4.79 Å². The number of alkyl halides is 1. The molecule has 0 spiro atoms. The first-order chi connectivity index (χ1) is 12.2. The lowest BCUT2D eigenvalue weighted by molar-refractivity contribution is -0.118. The van der Waals surface area contributed by atoms with Gasteiger partial charge in [0.1, 0.15) is 5.25 Å². The first-order valence-electron chi connectivity index (χ1n) is 8.37. The van der Waals surface area contributed by atoms with Crippen LogP contribution in [0.4, 0.5) is 5.69 Å². The van der Waals surface area contributed by atoms with Crippen molar-refractivity contribution in [2.24, 2.45) is 0 Å². The number of unbranched alkanes of at least 4 members (excludes halogenated alkanes) is 2. The van der Waals surface area contributed by atoms with Crippen LogP contribution in [0.2, 0.25) is 0 Å². The highest BCUT2D eigenvalue weighted by atomic mass is 79.9. The molecule has 25 heavy (non-hydrogen) atoms. The smallest absolute Gasteiger partial charge is 0.245 e. The van der Waals surface area contributed by atoms with Crippen LogP contribution in [0.3, 0.4) is 0 Å². The number of hydrogen-bond donors (Lipinski definition) is 0. The molecule has 0 fully saturated rings. The second kappa shape index (κ2) is 8.55. The van der Waals surface area contributed by atoms with Gasteiger partial charge in [-0.15, -0.1) is 11.8 Å². The summed E-state index contributed by atoms with van der Waals surface area (Å²) < 4.78 is 0. The molecule has 2 aromatic carbocycles. The van der Waals surface area contributed by atoms with Crippen molar-refractivity contribution in [3.63, 3.8) is 0 Å². The number of carbonyl (C=O) groups is 1. The van der Waals surface area contributed by atoms with Crippen molar-refractivity contribution in [1.29, 1.82) is 5.26 Å². The summed E-state index contributed by atoms with van der Waals surface area (Å²) in [5, 5.41) is 9.85. The Morgan fingerprint density at radius 3 is 2.76 bits per heavy atom. The zero-order chi connectivity index (χ0) is 17.6. The third-order valence-electron chi connectivity index (χ3n) is 4.23. The normalized spacial score (nSPS) is 16.4. The minimum absolute atomic E-state index is 0.109. The lowest BCUT2D eigenvalue weighted by Gasteiger charge is -2.34. The first kappa shape index (κ1) is 18.0. The third-order valence-corrected chi connectivity index (χ3v) is 6.09. The molecule has 1 heterocycles. The molecule has 3 nitrogen and oxygen atoms in total. The van der Waals surface area contributed by atoms with E-state index in [-0.39, 0.29) is 11.2 Å². The second-order valence-corrected chi connectivity index (χ2v) is 7.88. The van der Waals surface area contributed by atoms with Crippen LogP contribution in [-0.4, -0.2) is 17.8 Å². The molecule has 1 aliphatic heterocycles. The summed E-state index contributed by atoms with van der Waals surface area (Å²) in [7, 11) is 0. The van der Waals surface area contributed by atoms with Gasteiger partial charge in [0.2, 0.25) is 5.91 Å². The first-order valence-corrected chi connectivity index (χ1v) is 10.4. The zero-order valence-corrected chi connectivity index (χ0v) is 16.2. The summed E-state index contributed by atoms with van der Waals surface area (Å²) in [6.45, 7) is 0.734. The number of para-hydroxylation sites is 1. The van der Waals surface area contributed by atoms with Crippen LogP contribution in [0, 0.1) is 11.3 Å². The Morgan fingerprint density at radius 1 is 1.12 bits per heavy atom. The molecule has 0 saturated heterocycles. The summed E-state index contributed by atoms with van der Waals surface area (Å²) in [4.78, 5) is 16.2. The lowest BCUT2D eigenvalue weighted by atomic mass is 10.1. The van der Waals surface area contributed by atoms with Gasteiger partial charge in [-0.1, -0.05) is 46.6 Å². The standard InChI is InChI=1S/C20H19BrN2OS/c21-11-4-1-5-12-23-17-9-2-3-10-18(17)25-19(20(23)24)16-8-6-7-15(13-16)14-22/h2-3,6-10,13,19H,1,4-5,11-12H2. The van der Waals surface area contributed by atoms with Crippen LogP contribution in [0.5, 0.6) is 0 Å². The van der Waals surface area contributed by atoms with E-state index in [0.717, 1.165) is 47.3 Å². The fraction of sp³-hybridized carbons (Fsp3) is 0.300. The van der Waals surface area contributed by atoms with Crippen molar-refractivity contribution < 1.29 is 4.79 Å². The van der Waals surface area contributed by atoms with Crippen molar-refractivity contribution in [2.45, 2.75) is 29.4 Å². The van der Waals surface area contributed by atoms with Crippen LogP contribution in [0.15, 0.2) is 53.4 Å². The number of halogens is 1. The quantitative estimate of drug-likeness (QED) is 0.475. The Kier molecular flexibility index (Phi) is 6.17. The Balaban J connectivity index is 1.89. The number of rotatable bonds is 6. The van der Waals surface area contributed by atoms with Gasteiger partial charge in [0.25, 0.3) is 0 Å². The highest BCUT2D eigenvalue weighted by Crippen LogP contribution is 2.46. The second-order valence-electron chi connectivity index (χ2n) is 5.94. The molecule has 1 amide bonds. The average molecular weight is 415 g/mol. The van der Waals surface area contributed by atoms with E-state index in [4.69, 9.17) is 5.26 Å². The van der Waals surface area contributed by atoms with Gasteiger partial charge in [-0.2, -0.15) is 5.26 Å². The number of hydrogen-bond acceptors (Lipinski definition) is 3. The predicted molar refractivity (Wildman–Crippen MR) is 106 cm³/mol. The highest BCUT2D eigenvalue weighted by molar-refractivity contribution is 9.09. The maximum Gasteiger partial charge on any atom is 0.245 e. The molecular weight excluding hydrogens is 396 g/mol. The summed E-state index contributed by atoms with van der Waals surface area (Å²) in [6.07, 6.45) is 3.20. The molecule has 0 radical (unpaired) electrons. The van der Waals surface area contributed by atoms with Crippen LogP contribution >= 0.6 is 27.7 Å². The monoisotopic (exact) mass is 414 g/mol. The predicted octanol–water partition coefficient (Wildman–Crippen LogP) is 5.30. The number of benzene rings is 2. The van der Waals surface area contributed by atoms with Gasteiger partial charge < -0.3 is 4.90 Å². The number of anilines is 1. The molecule has 3 rings (SSSR count). The Morgan fingerprint density at radius 2 is 1.96 bits per heavy atom. The van der Waals surface area contributed by atoms with Crippen molar-refractivity contribution in [2.75, 3.05) is 16.8 Å². The Labute approximate surface area is 161 Å². The van der Waals surface area contributed by atoms with Gasteiger partial charge in [0.05, 0.1) is 17.3 Å². The van der Waals surface area contributed by atoms with Crippen molar-refractivity contribution in [3.8, 4) is 6.07 Å². The average Bonchev–Trinajstić information content (AvgIpc) is 2.66. The van der Waals surface area contributed by atoms with Crippen molar-refractivity contribution in [3.05, 3.63) is 59.7 Å². The molecule has 1 atom stereocenters. The SMILES string of the molecule is N#Cc1cccc(C2Sc3ccccc3N(CCCCCBr)C2=O)c1. The number of carbonyl (C=O) groups excluding carboxylic acids is 1. The maximum absolute atomic E-state index is 13.2. The molecule has 0 aliphatic carbocycles.